The van der Waals surface area contributed by atoms with E-state index in [-0.39, 0.29) is 5.91 Å². The molecule has 2 aromatic rings. The van der Waals surface area contributed by atoms with Crippen LogP contribution in [0.1, 0.15) is 35.8 Å². The Hall–Kier alpha value is -2.63. The predicted octanol–water partition coefficient (Wildman–Crippen LogP) is 2.65. The van der Waals surface area contributed by atoms with Gasteiger partial charge >= 0.3 is 0 Å². The summed E-state index contributed by atoms with van der Waals surface area (Å²) in [5, 5.41) is 2.87. The predicted molar refractivity (Wildman–Crippen MR) is 94.4 cm³/mol. The van der Waals surface area contributed by atoms with E-state index in [0.717, 1.165) is 30.7 Å². The normalized spacial score (nSPS) is 10.3. The van der Waals surface area contributed by atoms with Crippen molar-refractivity contribution >= 4 is 11.9 Å². The van der Waals surface area contributed by atoms with Gasteiger partial charge in [-0.25, -0.2) is 9.97 Å². The number of hydrogen-bond acceptors (Lipinski definition) is 5. The number of carbonyl (C=O) groups is 1. The Kier molecular flexibility index (Phi) is 6.54. The standard InChI is InChI=1S/C18H24N4O2/c1-4-5-12-22(2)18-19-11-10-16(21-18)17(23)20-13-14-6-8-15(24-3)9-7-14/h6-11H,4-5,12-13H2,1-3H3,(H,20,23). The van der Waals surface area contributed by atoms with Crippen molar-refractivity contribution < 1.29 is 9.53 Å². The molecule has 1 amide bonds. The lowest BCUT2D eigenvalue weighted by Crippen LogP contribution is -2.26. The molecular weight excluding hydrogens is 304 g/mol. The second kappa shape index (κ2) is 8.86. The first-order valence-electron chi connectivity index (χ1n) is 8.09. The van der Waals surface area contributed by atoms with Crippen molar-refractivity contribution in [3.8, 4) is 5.75 Å². The number of unbranched alkanes of at least 4 members (excludes halogenated alkanes) is 1. The van der Waals surface area contributed by atoms with Gasteiger partial charge in [-0.05, 0) is 30.2 Å². The molecule has 0 aliphatic heterocycles. The quantitative estimate of drug-likeness (QED) is 0.807. The molecule has 1 heterocycles. The van der Waals surface area contributed by atoms with Gasteiger partial charge in [0.25, 0.3) is 5.91 Å². The second-order valence-electron chi connectivity index (χ2n) is 5.55. The highest BCUT2D eigenvalue weighted by Crippen LogP contribution is 2.11. The van der Waals surface area contributed by atoms with E-state index in [4.69, 9.17) is 4.74 Å². The third kappa shape index (κ3) is 4.94. The van der Waals surface area contributed by atoms with E-state index in [2.05, 4.69) is 22.2 Å². The third-order valence-corrected chi connectivity index (χ3v) is 3.68. The number of amides is 1. The minimum atomic E-state index is -0.210. The molecule has 1 aromatic heterocycles. The molecule has 0 unspecified atom stereocenters. The van der Waals surface area contributed by atoms with Crippen LogP contribution in [0.2, 0.25) is 0 Å². The first-order valence-corrected chi connectivity index (χ1v) is 8.09. The number of methoxy groups -OCH3 is 1. The molecule has 0 atom stereocenters. The number of carbonyl (C=O) groups excluding carboxylic acids is 1. The smallest absolute Gasteiger partial charge is 0.270 e. The molecule has 24 heavy (non-hydrogen) atoms. The fraction of sp³-hybridized carbons (Fsp3) is 0.389. The van der Waals surface area contributed by atoms with E-state index < -0.39 is 0 Å². The first-order chi connectivity index (χ1) is 11.6. The fourth-order valence-electron chi connectivity index (χ4n) is 2.17. The van der Waals surface area contributed by atoms with E-state index in [1.807, 2.05) is 36.2 Å². The van der Waals surface area contributed by atoms with Crippen LogP contribution < -0.4 is 15.0 Å². The van der Waals surface area contributed by atoms with Crippen molar-refractivity contribution in [3.63, 3.8) is 0 Å². The zero-order valence-corrected chi connectivity index (χ0v) is 14.5. The highest BCUT2D eigenvalue weighted by Gasteiger charge is 2.11. The van der Waals surface area contributed by atoms with Crippen LogP contribution in [0.3, 0.4) is 0 Å². The molecule has 0 radical (unpaired) electrons. The van der Waals surface area contributed by atoms with Crippen LogP contribution in [0.4, 0.5) is 5.95 Å². The molecule has 0 aliphatic carbocycles. The van der Waals surface area contributed by atoms with Gasteiger partial charge in [-0.2, -0.15) is 0 Å². The fourth-order valence-corrected chi connectivity index (χ4v) is 2.17. The number of nitrogens with one attached hydrogen (secondary N) is 1. The summed E-state index contributed by atoms with van der Waals surface area (Å²) in [5.41, 5.74) is 1.37. The largest absolute Gasteiger partial charge is 0.497 e. The summed E-state index contributed by atoms with van der Waals surface area (Å²) < 4.78 is 5.12. The SMILES string of the molecule is CCCCN(C)c1nccc(C(=O)NCc2ccc(OC)cc2)n1. The molecule has 128 valence electrons. The average Bonchev–Trinajstić information content (AvgIpc) is 2.64. The molecule has 2 rings (SSSR count). The van der Waals surface area contributed by atoms with E-state index in [9.17, 15) is 4.79 Å². The lowest BCUT2D eigenvalue weighted by atomic mass is 10.2. The summed E-state index contributed by atoms with van der Waals surface area (Å²) in [4.78, 5) is 22.8. The molecule has 6 heteroatoms. The number of aromatic nitrogens is 2. The molecule has 0 bridgehead atoms. The lowest BCUT2D eigenvalue weighted by molar-refractivity contribution is 0.0946. The van der Waals surface area contributed by atoms with Gasteiger partial charge < -0.3 is 15.0 Å². The Morgan fingerprint density at radius 2 is 2.00 bits per heavy atom. The van der Waals surface area contributed by atoms with Crippen molar-refractivity contribution in [2.24, 2.45) is 0 Å². The zero-order chi connectivity index (χ0) is 17.4. The molecule has 6 nitrogen and oxygen atoms in total. The van der Waals surface area contributed by atoms with Crippen molar-refractivity contribution in [3.05, 3.63) is 47.8 Å². The second-order valence-corrected chi connectivity index (χ2v) is 5.55. The number of nitrogens with zero attached hydrogens (tertiary/aromatic N) is 3. The van der Waals surface area contributed by atoms with E-state index in [1.165, 1.54) is 0 Å². The Labute approximate surface area is 142 Å². The maximum absolute atomic E-state index is 12.3. The van der Waals surface area contributed by atoms with Gasteiger partial charge in [-0.3, -0.25) is 4.79 Å². The van der Waals surface area contributed by atoms with Gasteiger partial charge in [0.05, 0.1) is 7.11 Å². The Bertz CT molecular complexity index is 658. The third-order valence-electron chi connectivity index (χ3n) is 3.68. The molecule has 0 saturated carbocycles. The maximum atomic E-state index is 12.3. The topological polar surface area (TPSA) is 67.4 Å². The number of ether oxygens (including phenoxy) is 1. The Morgan fingerprint density at radius 3 is 2.67 bits per heavy atom. The van der Waals surface area contributed by atoms with Crippen LogP contribution in [0.15, 0.2) is 36.5 Å². The summed E-state index contributed by atoms with van der Waals surface area (Å²) >= 11 is 0. The summed E-state index contributed by atoms with van der Waals surface area (Å²) in [6, 6.07) is 9.20. The van der Waals surface area contributed by atoms with Gasteiger partial charge in [0.2, 0.25) is 5.95 Å². The molecule has 1 aromatic carbocycles. The molecule has 0 fully saturated rings. The summed E-state index contributed by atoms with van der Waals surface area (Å²) in [6.07, 6.45) is 3.78. The van der Waals surface area contributed by atoms with Gasteiger partial charge in [-0.1, -0.05) is 25.5 Å². The van der Waals surface area contributed by atoms with Crippen molar-refractivity contribution in [2.75, 3.05) is 25.6 Å². The van der Waals surface area contributed by atoms with Gasteiger partial charge in [-0.15, -0.1) is 0 Å². The average molecular weight is 328 g/mol. The highest BCUT2D eigenvalue weighted by molar-refractivity contribution is 5.92. The van der Waals surface area contributed by atoms with Crippen molar-refractivity contribution in [2.45, 2.75) is 26.3 Å². The molecule has 1 N–H and O–H groups in total. The van der Waals surface area contributed by atoms with Gasteiger partial charge in [0.1, 0.15) is 11.4 Å². The molecular formula is C18H24N4O2. The van der Waals surface area contributed by atoms with Crippen molar-refractivity contribution in [1.29, 1.82) is 0 Å². The summed E-state index contributed by atoms with van der Waals surface area (Å²) in [5.74, 6) is 1.15. The monoisotopic (exact) mass is 328 g/mol. The maximum Gasteiger partial charge on any atom is 0.270 e. The Balaban J connectivity index is 1.96. The van der Waals surface area contributed by atoms with Crippen LogP contribution in [-0.4, -0.2) is 36.6 Å². The highest BCUT2D eigenvalue weighted by atomic mass is 16.5. The van der Waals surface area contributed by atoms with Crippen molar-refractivity contribution in [1.82, 2.24) is 15.3 Å². The minimum Gasteiger partial charge on any atom is -0.497 e. The van der Waals surface area contributed by atoms with E-state index >= 15 is 0 Å². The first kappa shape index (κ1) is 17.7. The number of benzene rings is 1. The summed E-state index contributed by atoms with van der Waals surface area (Å²) in [6.45, 7) is 3.44. The molecule has 0 spiro atoms. The van der Waals surface area contributed by atoms with Crippen LogP contribution in [0, 0.1) is 0 Å². The Morgan fingerprint density at radius 1 is 1.25 bits per heavy atom. The van der Waals surface area contributed by atoms with Crippen LogP contribution in [0.25, 0.3) is 0 Å². The minimum absolute atomic E-state index is 0.210. The van der Waals surface area contributed by atoms with Crippen LogP contribution in [0.5, 0.6) is 5.75 Å². The van der Waals surface area contributed by atoms with Crippen LogP contribution >= 0.6 is 0 Å². The lowest BCUT2D eigenvalue weighted by Gasteiger charge is -2.16. The van der Waals surface area contributed by atoms with E-state index in [0.29, 0.717) is 18.2 Å². The number of anilines is 1. The van der Waals surface area contributed by atoms with Gasteiger partial charge in [0.15, 0.2) is 0 Å². The van der Waals surface area contributed by atoms with E-state index in [1.54, 1.807) is 19.4 Å². The number of hydrogen-bond donors (Lipinski definition) is 1. The summed E-state index contributed by atoms with van der Waals surface area (Å²) in [7, 11) is 3.56. The molecule has 0 aliphatic rings. The zero-order valence-electron chi connectivity index (χ0n) is 14.5. The molecule has 0 saturated heterocycles. The van der Waals surface area contributed by atoms with Gasteiger partial charge in [0, 0.05) is 26.3 Å². The number of rotatable bonds is 8. The van der Waals surface area contributed by atoms with Crippen LogP contribution in [-0.2, 0) is 6.54 Å².